The first-order chi connectivity index (χ1) is 7.30. The van der Waals surface area contributed by atoms with Crippen molar-refractivity contribution in [2.75, 3.05) is 6.61 Å². The first-order valence-electron chi connectivity index (χ1n) is 4.13. The van der Waals surface area contributed by atoms with Crippen molar-refractivity contribution in [1.82, 2.24) is 0 Å². The fourth-order valence-electron chi connectivity index (χ4n) is 0.855. The summed E-state index contributed by atoms with van der Waals surface area (Å²) >= 11 is 2.98. The topological polar surface area (TPSA) is 29.5 Å². The molecule has 0 aliphatic carbocycles. The van der Waals surface area contributed by atoms with E-state index in [2.05, 4.69) is 20.7 Å². The first kappa shape index (κ1) is 13.2. The van der Waals surface area contributed by atoms with Gasteiger partial charge in [-0.2, -0.15) is 13.2 Å². The van der Waals surface area contributed by atoms with Crippen molar-refractivity contribution >= 4 is 15.9 Å². The summed E-state index contributed by atoms with van der Waals surface area (Å²) in [7, 11) is 0. The van der Waals surface area contributed by atoms with Crippen molar-refractivity contribution in [1.29, 1.82) is 0 Å². The van der Waals surface area contributed by atoms with E-state index < -0.39 is 24.7 Å². The zero-order valence-corrected chi connectivity index (χ0v) is 9.35. The fraction of sp³-hybridized carbons (Fsp3) is 0.333. The van der Waals surface area contributed by atoms with Gasteiger partial charge in [-0.1, -0.05) is 15.9 Å². The first-order valence-corrected chi connectivity index (χ1v) is 4.92. The number of hydrogen-bond donors (Lipinski definition) is 1. The summed E-state index contributed by atoms with van der Waals surface area (Å²) in [5.41, 5.74) is 0. The molecule has 1 atom stereocenters. The molecule has 7 heteroatoms. The zero-order valence-electron chi connectivity index (χ0n) is 7.76. The number of rotatable bonds is 3. The van der Waals surface area contributed by atoms with E-state index in [1.54, 1.807) is 0 Å². The van der Waals surface area contributed by atoms with Gasteiger partial charge in [0.25, 0.3) is 0 Å². The van der Waals surface area contributed by atoms with Crippen molar-refractivity contribution < 1.29 is 27.4 Å². The molecule has 0 unspecified atom stereocenters. The predicted octanol–water partition coefficient (Wildman–Crippen LogP) is 2.89. The van der Waals surface area contributed by atoms with E-state index in [0.29, 0.717) is 4.47 Å². The van der Waals surface area contributed by atoms with Crippen LogP contribution in [0.3, 0.4) is 0 Å². The van der Waals surface area contributed by atoms with Gasteiger partial charge >= 0.3 is 6.18 Å². The van der Waals surface area contributed by atoms with Crippen LogP contribution in [0.1, 0.15) is 0 Å². The number of ether oxygens (including phenoxy) is 1. The van der Waals surface area contributed by atoms with Gasteiger partial charge in [-0.25, -0.2) is 4.39 Å². The number of alkyl halides is 3. The summed E-state index contributed by atoms with van der Waals surface area (Å²) in [5, 5.41) is 8.61. The highest BCUT2D eigenvalue weighted by atomic mass is 79.9. The number of hydrogen-bond acceptors (Lipinski definition) is 2. The molecule has 0 bridgehead atoms. The van der Waals surface area contributed by atoms with Crippen LogP contribution in [0.25, 0.3) is 0 Å². The summed E-state index contributed by atoms with van der Waals surface area (Å²) < 4.78 is 53.7. The maximum atomic E-state index is 13.1. The van der Waals surface area contributed by atoms with E-state index in [4.69, 9.17) is 5.11 Å². The molecule has 0 fully saturated rings. The highest BCUT2D eigenvalue weighted by Gasteiger charge is 2.38. The van der Waals surface area contributed by atoms with Crippen LogP contribution in [0.4, 0.5) is 17.6 Å². The van der Waals surface area contributed by atoms with Crippen LogP contribution >= 0.6 is 15.9 Å². The molecule has 0 amide bonds. The molecule has 90 valence electrons. The lowest BCUT2D eigenvalue weighted by molar-refractivity contribution is -0.210. The van der Waals surface area contributed by atoms with Crippen molar-refractivity contribution in [3.8, 4) is 5.75 Å². The van der Waals surface area contributed by atoms with Gasteiger partial charge in [-0.05, 0) is 18.2 Å². The van der Waals surface area contributed by atoms with E-state index in [1.807, 2.05) is 0 Å². The average molecular weight is 303 g/mol. The largest absolute Gasteiger partial charge is 0.487 e. The molecule has 0 spiro atoms. The van der Waals surface area contributed by atoms with Gasteiger partial charge in [-0.15, -0.1) is 0 Å². The summed E-state index contributed by atoms with van der Waals surface area (Å²) in [6, 6.07) is 3.64. The lowest BCUT2D eigenvalue weighted by Crippen LogP contribution is -2.34. The van der Waals surface area contributed by atoms with Crippen LogP contribution in [-0.4, -0.2) is 24.0 Å². The highest BCUT2D eigenvalue weighted by Crippen LogP contribution is 2.24. The van der Waals surface area contributed by atoms with Gasteiger partial charge in [-0.3, -0.25) is 0 Å². The van der Waals surface area contributed by atoms with Crippen molar-refractivity contribution in [3.63, 3.8) is 0 Å². The van der Waals surface area contributed by atoms with Crippen LogP contribution in [0.15, 0.2) is 22.7 Å². The molecule has 1 N–H and O–H groups in total. The van der Waals surface area contributed by atoms with Gasteiger partial charge < -0.3 is 9.84 Å². The Morgan fingerprint density at radius 3 is 2.50 bits per heavy atom. The third-order valence-corrected chi connectivity index (χ3v) is 2.16. The molecule has 0 aliphatic heterocycles. The summed E-state index contributed by atoms with van der Waals surface area (Å²) in [6.45, 7) is -1.04. The maximum Gasteiger partial charge on any atom is 0.417 e. The minimum Gasteiger partial charge on any atom is -0.487 e. The number of aliphatic hydroxyl groups excluding tert-OH is 1. The maximum absolute atomic E-state index is 13.1. The third-order valence-electron chi connectivity index (χ3n) is 1.67. The SMILES string of the molecule is O[C@H](COc1ccc(Br)cc1F)C(F)(F)F. The van der Waals surface area contributed by atoms with E-state index in [0.717, 1.165) is 6.07 Å². The van der Waals surface area contributed by atoms with Crippen molar-refractivity contribution in [2.45, 2.75) is 12.3 Å². The molecule has 2 nitrogen and oxygen atoms in total. The number of benzene rings is 1. The highest BCUT2D eigenvalue weighted by molar-refractivity contribution is 9.10. The molecule has 0 aliphatic rings. The quantitative estimate of drug-likeness (QED) is 0.870. The Morgan fingerprint density at radius 1 is 1.38 bits per heavy atom. The molecule has 0 saturated heterocycles. The molecule has 1 aromatic carbocycles. The fourth-order valence-corrected chi connectivity index (χ4v) is 1.19. The minimum absolute atomic E-state index is 0.341. The van der Waals surface area contributed by atoms with E-state index in [9.17, 15) is 17.6 Å². The van der Waals surface area contributed by atoms with E-state index >= 15 is 0 Å². The molecule has 0 radical (unpaired) electrons. The Kier molecular flexibility index (Phi) is 4.15. The number of halogens is 5. The monoisotopic (exact) mass is 302 g/mol. The molecule has 0 saturated carbocycles. The third kappa shape index (κ3) is 3.64. The summed E-state index contributed by atoms with van der Waals surface area (Å²) in [4.78, 5) is 0. The Hall–Kier alpha value is -0.820. The van der Waals surface area contributed by atoms with Crippen LogP contribution in [0.5, 0.6) is 5.75 Å². The average Bonchev–Trinajstić information content (AvgIpc) is 2.14. The Bertz CT molecular complexity index is 367. The minimum atomic E-state index is -4.77. The molecule has 1 aromatic rings. The number of aliphatic hydroxyl groups is 1. The van der Waals surface area contributed by atoms with Gasteiger partial charge in [0.05, 0.1) is 0 Å². The second-order valence-corrected chi connectivity index (χ2v) is 3.86. The van der Waals surface area contributed by atoms with Crippen LogP contribution in [0, 0.1) is 5.82 Å². The van der Waals surface area contributed by atoms with Gasteiger partial charge in [0.2, 0.25) is 0 Å². The normalized spacial score (nSPS) is 13.6. The molecular weight excluding hydrogens is 296 g/mol. The summed E-state index contributed by atoms with van der Waals surface area (Å²) in [5.74, 6) is -1.14. The van der Waals surface area contributed by atoms with Crippen LogP contribution < -0.4 is 4.74 Å². The lowest BCUT2D eigenvalue weighted by Gasteiger charge is -2.15. The van der Waals surface area contributed by atoms with E-state index in [1.165, 1.54) is 12.1 Å². The molecule has 16 heavy (non-hydrogen) atoms. The second kappa shape index (κ2) is 5.01. The molecular formula is C9H7BrF4O2. The van der Waals surface area contributed by atoms with Crippen LogP contribution in [0.2, 0.25) is 0 Å². The van der Waals surface area contributed by atoms with Crippen molar-refractivity contribution in [3.05, 3.63) is 28.5 Å². The predicted molar refractivity (Wildman–Crippen MR) is 51.7 cm³/mol. The van der Waals surface area contributed by atoms with Crippen molar-refractivity contribution in [2.24, 2.45) is 0 Å². The van der Waals surface area contributed by atoms with Gasteiger partial charge in [0.1, 0.15) is 6.61 Å². The summed E-state index contributed by atoms with van der Waals surface area (Å²) in [6.07, 6.45) is -7.40. The molecule has 0 aromatic heterocycles. The van der Waals surface area contributed by atoms with Gasteiger partial charge in [0.15, 0.2) is 17.7 Å². The zero-order chi connectivity index (χ0) is 12.3. The van der Waals surface area contributed by atoms with Gasteiger partial charge in [0, 0.05) is 4.47 Å². The second-order valence-electron chi connectivity index (χ2n) is 2.94. The standard InChI is InChI=1S/C9H7BrF4O2/c10-5-1-2-7(6(11)3-5)16-4-8(15)9(12,13)14/h1-3,8,15H,4H2/t8-/m1/s1. The smallest absolute Gasteiger partial charge is 0.417 e. The Morgan fingerprint density at radius 2 is 2.00 bits per heavy atom. The molecule has 0 heterocycles. The lowest BCUT2D eigenvalue weighted by atomic mass is 10.3. The Balaban J connectivity index is 2.62. The Labute approximate surface area is 97.0 Å². The van der Waals surface area contributed by atoms with E-state index in [-0.39, 0.29) is 5.75 Å². The van der Waals surface area contributed by atoms with Crippen LogP contribution in [-0.2, 0) is 0 Å². The molecule has 1 rings (SSSR count).